The van der Waals surface area contributed by atoms with Gasteiger partial charge in [-0.1, -0.05) is 0 Å². The monoisotopic (exact) mass is 276 g/mol. The fourth-order valence-corrected chi connectivity index (χ4v) is 1.97. The van der Waals surface area contributed by atoms with Gasteiger partial charge in [-0.25, -0.2) is 0 Å². The quantitative estimate of drug-likeness (QED) is 0.631. The van der Waals surface area contributed by atoms with E-state index in [0.717, 1.165) is 5.56 Å². The maximum absolute atomic E-state index is 8.30. The van der Waals surface area contributed by atoms with E-state index in [0.29, 0.717) is 5.70 Å². The number of thiophene rings is 1. The number of rotatable bonds is 1. The summed E-state index contributed by atoms with van der Waals surface area (Å²) in [5.74, 6) is 0. The second-order valence-electron chi connectivity index (χ2n) is 1.87. The maximum Gasteiger partial charge on any atom is 0.0933 e. The lowest BCUT2D eigenvalue weighted by Gasteiger charge is -1.90. The van der Waals surface area contributed by atoms with Gasteiger partial charge in [0, 0.05) is 17.0 Å². The Morgan fingerprint density at radius 2 is 2.55 bits per heavy atom. The van der Waals surface area contributed by atoms with Crippen molar-refractivity contribution in [3.63, 3.8) is 0 Å². The third-order valence-electron chi connectivity index (χ3n) is 1.12. The van der Waals surface area contributed by atoms with Crippen LogP contribution in [-0.2, 0) is 0 Å². The average molecular weight is 276 g/mol. The zero-order chi connectivity index (χ0) is 8.27. The van der Waals surface area contributed by atoms with E-state index in [4.69, 9.17) is 11.0 Å². The smallest absolute Gasteiger partial charge is 0.0933 e. The van der Waals surface area contributed by atoms with Gasteiger partial charge in [0.2, 0.25) is 0 Å². The van der Waals surface area contributed by atoms with Crippen molar-refractivity contribution in [3.8, 4) is 6.07 Å². The van der Waals surface area contributed by atoms with E-state index in [-0.39, 0.29) is 0 Å². The lowest BCUT2D eigenvalue weighted by atomic mass is 10.2. The minimum Gasteiger partial charge on any atom is -0.398 e. The molecule has 1 aromatic heterocycles. The van der Waals surface area contributed by atoms with Crippen molar-refractivity contribution >= 4 is 39.6 Å². The molecule has 1 heterocycles. The zero-order valence-corrected chi connectivity index (χ0v) is 8.52. The SMILES string of the molecule is N#C/C=C(\N)c1csc(I)c1. The van der Waals surface area contributed by atoms with Crippen molar-refractivity contribution in [1.29, 1.82) is 5.26 Å². The Kier molecular flexibility index (Phi) is 2.91. The first-order chi connectivity index (χ1) is 5.24. The van der Waals surface area contributed by atoms with Crippen LogP contribution in [0.2, 0.25) is 0 Å². The predicted molar refractivity (Wildman–Crippen MR) is 54.8 cm³/mol. The molecule has 56 valence electrons. The van der Waals surface area contributed by atoms with Gasteiger partial charge in [-0.2, -0.15) is 5.26 Å². The van der Waals surface area contributed by atoms with Crippen LogP contribution in [0.4, 0.5) is 0 Å². The van der Waals surface area contributed by atoms with E-state index in [9.17, 15) is 0 Å². The molecule has 1 rings (SSSR count). The highest BCUT2D eigenvalue weighted by Crippen LogP contribution is 2.19. The molecule has 0 aliphatic carbocycles. The number of hydrogen-bond acceptors (Lipinski definition) is 3. The molecule has 0 aliphatic rings. The molecule has 0 aliphatic heterocycles. The van der Waals surface area contributed by atoms with Crippen molar-refractivity contribution in [2.24, 2.45) is 5.73 Å². The third-order valence-corrected chi connectivity index (χ3v) is 2.91. The highest BCUT2D eigenvalue weighted by atomic mass is 127. The highest BCUT2D eigenvalue weighted by molar-refractivity contribution is 14.1. The van der Waals surface area contributed by atoms with Gasteiger partial charge in [0.15, 0.2) is 0 Å². The molecule has 0 amide bonds. The predicted octanol–water partition coefficient (Wildman–Crippen LogP) is 2.18. The van der Waals surface area contributed by atoms with Crippen molar-refractivity contribution in [2.75, 3.05) is 0 Å². The molecule has 4 heteroatoms. The number of hydrogen-bond donors (Lipinski definition) is 1. The molecule has 0 radical (unpaired) electrons. The van der Waals surface area contributed by atoms with Crippen LogP contribution >= 0.6 is 33.9 Å². The van der Waals surface area contributed by atoms with Crippen molar-refractivity contribution in [2.45, 2.75) is 0 Å². The second kappa shape index (κ2) is 3.74. The Bertz CT molecular complexity index is 321. The molecule has 2 nitrogen and oxygen atoms in total. The number of nitrogens with zero attached hydrogens (tertiary/aromatic N) is 1. The lowest BCUT2D eigenvalue weighted by Crippen LogP contribution is -1.92. The molecule has 0 saturated heterocycles. The van der Waals surface area contributed by atoms with Gasteiger partial charge in [-0.05, 0) is 28.7 Å². The van der Waals surface area contributed by atoms with Crippen LogP contribution in [0.25, 0.3) is 5.70 Å². The second-order valence-corrected chi connectivity index (χ2v) is 4.67. The van der Waals surface area contributed by atoms with Gasteiger partial charge in [0.25, 0.3) is 0 Å². The minimum atomic E-state index is 0.534. The molecular weight excluding hydrogens is 271 g/mol. The topological polar surface area (TPSA) is 49.8 Å². The first-order valence-corrected chi connectivity index (χ1v) is 4.79. The summed E-state index contributed by atoms with van der Waals surface area (Å²) in [4.78, 5) is 0. The Balaban J connectivity index is 2.95. The molecule has 0 aromatic carbocycles. The molecule has 11 heavy (non-hydrogen) atoms. The Labute approximate surface area is 82.5 Å². The van der Waals surface area contributed by atoms with Crippen LogP contribution in [0.5, 0.6) is 0 Å². The fraction of sp³-hybridized carbons (Fsp3) is 0. The number of nitriles is 1. The minimum absolute atomic E-state index is 0.534. The van der Waals surface area contributed by atoms with Gasteiger partial charge < -0.3 is 5.73 Å². The first-order valence-electron chi connectivity index (χ1n) is 2.83. The van der Waals surface area contributed by atoms with Crippen LogP contribution in [0.15, 0.2) is 17.5 Å². The van der Waals surface area contributed by atoms with E-state index in [1.165, 1.54) is 8.96 Å². The van der Waals surface area contributed by atoms with Crippen LogP contribution in [0.1, 0.15) is 5.56 Å². The van der Waals surface area contributed by atoms with E-state index in [1.54, 1.807) is 11.3 Å². The Morgan fingerprint density at radius 3 is 3.00 bits per heavy atom. The number of halogens is 1. The van der Waals surface area contributed by atoms with Crippen molar-refractivity contribution in [1.82, 2.24) is 0 Å². The van der Waals surface area contributed by atoms with Gasteiger partial charge >= 0.3 is 0 Å². The largest absolute Gasteiger partial charge is 0.398 e. The van der Waals surface area contributed by atoms with Gasteiger partial charge in [-0.15, -0.1) is 11.3 Å². The third kappa shape index (κ3) is 2.20. The van der Waals surface area contributed by atoms with E-state index in [2.05, 4.69) is 22.6 Å². The molecule has 1 aromatic rings. The summed E-state index contributed by atoms with van der Waals surface area (Å²) in [5.41, 5.74) is 7.03. The summed E-state index contributed by atoms with van der Waals surface area (Å²) in [7, 11) is 0. The van der Waals surface area contributed by atoms with Gasteiger partial charge in [0.1, 0.15) is 0 Å². The summed E-state index contributed by atoms with van der Waals surface area (Å²) in [5, 5.41) is 10.2. The maximum atomic E-state index is 8.30. The summed E-state index contributed by atoms with van der Waals surface area (Å²) in [6.45, 7) is 0. The average Bonchev–Trinajstić information content (AvgIpc) is 2.36. The molecule has 0 atom stereocenters. The fourth-order valence-electron chi connectivity index (χ4n) is 0.614. The zero-order valence-electron chi connectivity index (χ0n) is 5.54. The normalized spacial score (nSPS) is 11.1. The molecule has 0 fully saturated rings. The summed E-state index contributed by atoms with van der Waals surface area (Å²) in [6, 6.07) is 3.84. The van der Waals surface area contributed by atoms with Crippen molar-refractivity contribution in [3.05, 3.63) is 26.0 Å². The van der Waals surface area contributed by atoms with Gasteiger partial charge in [-0.3, -0.25) is 0 Å². The number of allylic oxidation sites excluding steroid dienone is 1. The highest BCUT2D eigenvalue weighted by Gasteiger charge is 1.98. The molecule has 0 unspecified atom stereocenters. The molecule has 0 bridgehead atoms. The summed E-state index contributed by atoms with van der Waals surface area (Å²) < 4.78 is 1.17. The standard InChI is InChI=1S/C7H5IN2S/c8-7-3-5(4-11-7)6(10)1-2-9/h1,3-4H,10H2/b6-1-. The first kappa shape index (κ1) is 8.56. The Hall–Kier alpha value is -0.540. The van der Waals surface area contributed by atoms with E-state index >= 15 is 0 Å². The van der Waals surface area contributed by atoms with Gasteiger partial charge in [0.05, 0.1) is 14.7 Å². The van der Waals surface area contributed by atoms with Crippen LogP contribution in [0, 0.1) is 14.2 Å². The van der Waals surface area contributed by atoms with Crippen LogP contribution in [-0.4, -0.2) is 0 Å². The summed E-state index contributed by atoms with van der Waals surface area (Å²) >= 11 is 3.83. The van der Waals surface area contributed by atoms with Crippen LogP contribution < -0.4 is 5.73 Å². The molecule has 2 N–H and O–H groups in total. The number of nitrogens with two attached hydrogens (primary N) is 1. The van der Waals surface area contributed by atoms with E-state index in [1.807, 2.05) is 17.5 Å². The Morgan fingerprint density at radius 1 is 1.82 bits per heavy atom. The lowest BCUT2D eigenvalue weighted by molar-refractivity contribution is 1.51. The molecule has 0 saturated carbocycles. The van der Waals surface area contributed by atoms with E-state index < -0.39 is 0 Å². The molecule has 0 spiro atoms. The molecular formula is C7H5IN2S. The van der Waals surface area contributed by atoms with Crippen molar-refractivity contribution < 1.29 is 0 Å². The summed E-state index contributed by atoms with van der Waals surface area (Å²) in [6.07, 6.45) is 1.35. The van der Waals surface area contributed by atoms with Crippen LogP contribution in [0.3, 0.4) is 0 Å².